The molecule has 0 aromatic heterocycles. The van der Waals surface area contributed by atoms with Gasteiger partial charge >= 0.3 is 0 Å². The summed E-state index contributed by atoms with van der Waals surface area (Å²) in [5, 5.41) is 0. The van der Waals surface area contributed by atoms with Gasteiger partial charge in [-0.25, -0.2) is 8.78 Å². The number of likely N-dealkylation sites (tertiary alicyclic amines) is 1. The number of halogens is 2. The number of rotatable bonds is 6. The van der Waals surface area contributed by atoms with E-state index in [0.29, 0.717) is 45.1 Å². The van der Waals surface area contributed by atoms with Crippen molar-refractivity contribution in [3.05, 3.63) is 35.4 Å². The largest absolute Gasteiger partial charge is 0.385 e. The van der Waals surface area contributed by atoms with Gasteiger partial charge in [0.1, 0.15) is 11.6 Å². The van der Waals surface area contributed by atoms with Crippen molar-refractivity contribution in [2.75, 3.05) is 40.4 Å². The Kier molecular flexibility index (Phi) is 6.87. The zero-order valence-corrected chi connectivity index (χ0v) is 14.6. The lowest BCUT2D eigenvalue weighted by Gasteiger charge is -2.33. The first kappa shape index (κ1) is 19.3. The second kappa shape index (κ2) is 8.89. The average molecular weight is 354 g/mol. The SMILES string of the molecule is COCCCN(C)C(=O)C1CCN(C(=O)c2ccc(F)cc2F)CC1. The molecule has 0 bridgehead atoms. The Hall–Kier alpha value is -2.02. The number of ether oxygens (including phenoxy) is 1. The van der Waals surface area contributed by atoms with E-state index in [1.807, 2.05) is 0 Å². The Balaban J connectivity index is 1.88. The summed E-state index contributed by atoms with van der Waals surface area (Å²) in [4.78, 5) is 28.0. The Morgan fingerprint density at radius 1 is 1.28 bits per heavy atom. The van der Waals surface area contributed by atoms with Gasteiger partial charge in [0.2, 0.25) is 5.91 Å². The van der Waals surface area contributed by atoms with Crippen LogP contribution in [0.25, 0.3) is 0 Å². The summed E-state index contributed by atoms with van der Waals surface area (Å²) in [6.07, 6.45) is 1.87. The number of methoxy groups -OCH3 is 1. The summed E-state index contributed by atoms with van der Waals surface area (Å²) < 4.78 is 31.7. The number of hydrogen-bond donors (Lipinski definition) is 0. The Labute approximate surface area is 146 Å². The molecule has 25 heavy (non-hydrogen) atoms. The zero-order valence-electron chi connectivity index (χ0n) is 14.6. The minimum absolute atomic E-state index is 0.0659. The molecule has 0 unspecified atom stereocenters. The molecule has 7 heteroatoms. The third kappa shape index (κ3) is 4.98. The molecule has 1 saturated heterocycles. The second-order valence-electron chi connectivity index (χ2n) is 6.30. The van der Waals surface area contributed by atoms with Gasteiger partial charge in [-0.2, -0.15) is 0 Å². The summed E-state index contributed by atoms with van der Waals surface area (Å²) in [6, 6.07) is 2.94. The first-order chi connectivity index (χ1) is 11.9. The van der Waals surface area contributed by atoms with Crippen LogP contribution >= 0.6 is 0 Å². The van der Waals surface area contributed by atoms with E-state index in [9.17, 15) is 18.4 Å². The number of carbonyl (C=O) groups is 2. The molecule has 0 radical (unpaired) electrons. The summed E-state index contributed by atoms with van der Waals surface area (Å²) in [5.41, 5.74) is -0.136. The van der Waals surface area contributed by atoms with Crippen LogP contribution in [-0.4, -0.2) is 62.0 Å². The van der Waals surface area contributed by atoms with Crippen molar-refractivity contribution in [3.8, 4) is 0 Å². The van der Waals surface area contributed by atoms with Crippen LogP contribution in [0.2, 0.25) is 0 Å². The van der Waals surface area contributed by atoms with Crippen molar-refractivity contribution in [2.45, 2.75) is 19.3 Å². The predicted molar refractivity (Wildman–Crippen MR) is 89.1 cm³/mol. The topological polar surface area (TPSA) is 49.9 Å². The van der Waals surface area contributed by atoms with E-state index in [1.165, 1.54) is 4.90 Å². The highest BCUT2D eigenvalue weighted by molar-refractivity contribution is 5.94. The first-order valence-corrected chi connectivity index (χ1v) is 8.42. The van der Waals surface area contributed by atoms with Crippen LogP contribution < -0.4 is 0 Å². The Morgan fingerprint density at radius 3 is 2.56 bits per heavy atom. The van der Waals surface area contributed by atoms with E-state index in [1.54, 1.807) is 19.1 Å². The fourth-order valence-corrected chi connectivity index (χ4v) is 3.03. The molecule has 2 amide bonds. The van der Waals surface area contributed by atoms with Crippen LogP contribution in [0.15, 0.2) is 18.2 Å². The molecule has 2 rings (SSSR count). The molecule has 1 fully saturated rings. The lowest BCUT2D eigenvalue weighted by atomic mass is 9.94. The Morgan fingerprint density at radius 2 is 1.96 bits per heavy atom. The van der Waals surface area contributed by atoms with Crippen LogP contribution in [-0.2, 0) is 9.53 Å². The third-order valence-electron chi connectivity index (χ3n) is 4.51. The zero-order chi connectivity index (χ0) is 18.4. The number of benzene rings is 1. The number of piperidine rings is 1. The number of amides is 2. The van der Waals surface area contributed by atoms with Crippen LogP contribution in [0.5, 0.6) is 0 Å². The first-order valence-electron chi connectivity index (χ1n) is 8.42. The molecule has 1 heterocycles. The van der Waals surface area contributed by atoms with Crippen molar-refractivity contribution in [1.29, 1.82) is 0 Å². The van der Waals surface area contributed by atoms with Gasteiger partial charge in [-0.05, 0) is 31.4 Å². The standard InChI is InChI=1S/C18H24F2N2O3/c1-21(8-3-11-25-2)17(23)13-6-9-22(10-7-13)18(24)15-5-4-14(19)12-16(15)20/h4-5,12-13H,3,6-11H2,1-2H3. The minimum atomic E-state index is -0.860. The van der Waals surface area contributed by atoms with E-state index < -0.39 is 17.5 Å². The molecule has 0 saturated carbocycles. The van der Waals surface area contributed by atoms with Crippen LogP contribution in [0.4, 0.5) is 8.78 Å². The smallest absolute Gasteiger partial charge is 0.256 e. The quantitative estimate of drug-likeness (QED) is 0.737. The fourth-order valence-electron chi connectivity index (χ4n) is 3.03. The third-order valence-corrected chi connectivity index (χ3v) is 4.51. The molecular formula is C18H24F2N2O3. The van der Waals surface area contributed by atoms with Gasteiger partial charge in [0, 0.05) is 52.4 Å². The molecular weight excluding hydrogens is 330 g/mol. The summed E-state index contributed by atoms with van der Waals surface area (Å²) >= 11 is 0. The summed E-state index contributed by atoms with van der Waals surface area (Å²) in [6.45, 7) is 2.01. The van der Waals surface area contributed by atoms with E-state index >= 15 is 0 Å². The van der Waals surface area contributed by atoms with Crippen molar-refractivity contribution in [2.24, 2.45) is 5.92 Å². The normalized spacial score (nSPS) is 15.3. The Bertz CT molecular complexity index is 616. The van der Waals surface area contributed by atoms with Gasteiger partial charge in [-0.3, -0.25) is 9.59 Å². The molecule has 0 spiro atoms. The number of carbonyl (C=O) groups excluding carboxylic acids is 2. The monoisotopic (exact) mass is 354 g/mol. The average Bonchev–Trinajstić information content (AvgIpc) is 2.61. The van der Waals surface area contributed by atoms with E-state index in [2.05, 4.69) is 0 Å². The second-order valence-corrected chi connectivity index (χ2v) is 6.30. The van der Waals surface area contributed by atoms with Crippen molar-refractivity contribution in [1.82, 2.24) is 9.80 Å². The van der Waals surface area contributed by atoms with Crippen LogP contribution in [0.3, 0.4) is 0 Å². The number of hydrogen-bond acceptors (Lipinski definition) is 3. The fraction of sp³-hybridized carbons (Fsp3) is 0.556. The van der Waals surface area contributed by atoms with E-state index in [-0.39, 0.29) is 17.4 Å². The van der Waals surface area contributed by atoms with Gasteiger partial charge in [0.05, 0.1) is 5.56 Å². The molecule has 1 aromatic rings. The minimum Gasteiger partial charge on any atom is -0.385 e. The van der Waals surface area contributed by atoms with E-state index in [4.69, 9.17) is 4.74 Å². The highest BCUT2D eigenvalue weighted by Gasteiger charge is 2.30. The van der Waals surface area contributed by atoms with Gasteiger partial charge in [0.25, 0.3) is 5.91 Å². The molecule has 1 aliphatic rings. The molecule has 0 N–H and O–H groups in total. The van der Waals surface area contributed by atoms with Gasteiger partial charge in [-0.15, -0.1) is 0 Å². The maximum Gasteiger partial charge on any atom is 0.256 e. The van der Waals surface area contributed by atoms with Gasteiger partial charge in [-0.1, -0.05) is 0 Å². The van der Waals surface area contributed by atoms with Crippen molar-refractivity contribution >= 4 is 11.8 Å². The highest BCUT2D eigenvalue weighted by atomic mass is 19.1. The molecule has 1 aromatic carbocycles. The molecule has 0 aliphatic carbocycles. The lowest BCUT2D eigenvalue weighted by molar-refractivity contribution is -0.135. The van der Waals surface area contributed by atoms with Crippen LogP contribution in [0, 0.1) is 17.6 Å². The van der Waals surface area contributed by atoms with Gasteiger partial charge < -0.3 is 14.5 Å². The predicted octanol–water partition coefficient (Wildman–Crippen LogP) is 2.31. The maximum absolute atomic E-state index is 13.8. The van der Waals surface area contributed by atoms with Gasteiger partial charge in [0.15, 0.2) is 0 Å². The lowest BCUT2D eigenvalue weighted by Crippen LogP contribution is -2.44. The van der Waals surface area contributed by atoms with Crippen molar-refractivity contribution < 1.29 is 23.1 Å². The number of nitrogens with zero attached hydrogens (tertiary/aromatic N) is 2. The molecule has 0 atom stereocenters. The maximum atomic E-state index is 13.8. The highest BCUT2D eigenvalue weighted by Crippen LogP contribution is 2.22. The van der Waals surface area contributed by atoms with Crippen LogP contribution in [0.1, 0.15) is 29.6 Å². The molecule has 1 aliphatic heterocycles. The summed E-state index contributed by atoms with van der Waals surface area (Å²) in [7, 11) is 3.39. The molecule has 138 valence electrons. The summed E-state index contributed by atoms with van der Waals surface area (Å²) in [5.74, 6) is -2.10. The molecule has 5 nitrogen and oxygen atoms in total. The van der Waals surface area contributed by atoms with E-state index in [0.717, 1.165) is 18.6 Å². The van der Waals surface area contributed by atoms with Crippen molar-refractivity contribution in [3.63, 3.8) is 0 Å².